The summed E-state index contributed by atoms with van der Waals surface area (Å²) in [5, 5.41) is 17.5. The van der Waals surface area contributed by atoms with Crippen LogP contribution in [0.4, 0.5) is 0 Å². The Kier molecular flexibility index (Phi) is 2.47. The molecule has 20 heavy (non-hydrogen) atoms. The largest absolute Gasteiger partial charge is 0.454 e. The highest BCUT2D eigenvalue weighted by atomic mass is 32.2. The van der Waals surface area contributed by atoms with E-state index < -0.39 is 26.4 Å². The third-order valence-corrected chi connectivity index (χ3v) is 5.29. The highest BCUT2D eigenvalue weighted by Crippen LogP contribution is 2.62. The summed E-state index contributed by atoms with van der Waals surface area (Å²) in [4.78, 5) is 0. The van der Waals surface area contributed by atoms with Crippen LogP contribution < -0.4 is 9.47 Å². The van der Waals surface area contributed by atoms with Gasteiger partial charge in [-0.25, -0.2) is 8.42 Å². The number of hydrogen-bond acceptors (Lipinski definition) is 6. The van der Waals surface area contributed by atoms with Crippen molar-refractivity contribution in [1.82, 2.24) is 0 Å². The number of hydrogen-bond donors (Lipinski definition) is 0. The van der Waals surface area contributed by atoms with E-state index in [1.54, 1.807) is 18.2 Å². The summed E-state index contributed by atoms with van der Waals surface area (Å²) in [5.74, 6) is 0.429. The molecule has 0 unspecified atom stereocenters. The summed E-state index contributed by atoms with van der Waals surface area (Å²) in [6.45, 7) is 0.112. The molecule has 1 aromatic rings. The molecular formula is C13H10N2O4S. The normalized spacial score (nSPS) is 25.6. The van der Waals surface area contributed by atoms with Gasteiger partial charge in [-0.05, 0) is 17.7 Å². The highest BCUT2D eigenvalue weighted by molar-refractivity contribution is 7.91. The molecule has 0 N–H and O–H groups in total. The van der Waals surface area contributed by atoms with Gasteiger partial charge in [0.05, 0.1) is 12.1 Å². The molecule has 0 radical (unpaired) electrons. The molecule has 6 nitrogen and oxygen atoms in total. The maximum atomic E-state index is 11.8. The van der Waals surface area contributed by atoms with Gasteiger partial charge in [-0.1, -0.05) is 6.07 Å². The van der Waals surface area contributed by atoms with Crippen LogP contribution in [0.15, 0.2) is 18.2 Å². The summed E-state index contributed by atoms with van der Waals surface area (Å²) in [6, 6.07) is 8.70. The molecule has 2 atom stereocenters. The minimum Gasteiger partial charge on any atom is -0.454 e. The van der Waals surface area contributed by atoms with Crippen molar-refractivity contribution in [3.63, 3.8) is 0 Å². The molecule has 0 aromatic heterocycles. The lowest BCUT2D eigenvalue weighted by Crippen LogP contribution is -2.11. The molecule has 1 fully saturated rings. The fourth-order valence-electron chi connectivity index (χ4n) is 2.78. The van der Waals surface area contributed by atoms with E-state index in [-0.39, 0.29) is 6.79 Å². The van der Waals surface area contributed by atoms with Crippen molar-refractivity contribution in [2.24, 2.45) is 5.41 Å². The molecular weight excluding hydrogens is 280 g/mol. The van der Waals surface area contributed by atoms with Crippen molar-refractivity contribution in [2.75, 3.05) is 13.0 Å². The minimum atomic E-state index is -3.49. The number of nitrogens with zero attached hydrogens (tertiary/aromatic N) is 2. The predicted octanol–water partition coefficient (Wildman–Crippen LogP) is 0.959. The molecule has 3 rings (SSSR count). The second-order valence-corrected chi connectivity index (χ2v) is 7.10. The maximum absolute atomic E-state index is 11.8. The fourth-order valence-corrected chi connectivity index (χ4v) is 4.49. The molecule has 1 aliphatic carbocycles. The van der Waals surface area contributed by atoms with E-state index in [9.17, 15) is 18.9 Å². The van der Waals surface area contributed by atoms with E-state index in [2.05, 4.69) is 0 Å². The number of sulfone groups is 1. The van der Waals surface area contributed by atoms with Crippen LogP contribution in [0.2, 0.25) is 0 Å². The SMILES string of the molecule is CS(=O)(=O)[C@H]1[C@H](c2ccc3c(c2)OCO3)C1(C#N)C#N. The van der Waals surface area contributed by atoms with Crippen molar-refractivity contribution in [3.8, 4) is 23.6 Å². The second-order valence-electron chi connectivity index (χ2n) is 4.93. The fraction of sp³-hybridized carbons (Fsp3) is 0.385. The Hall–Kier alpha value is -2.25. The minimum absolute atomic E-state index is 0.112. The van der Waals surface area contributed by atoms with Gasteiger partial charge in [0.1, 0.15) is 5.25 Å². The van der Waals surface area contributed by atoms with Gasteiger partial charge in [0.2, 0.25) is 6.79 Å². The summed E-state index contributed by atoms with van der Waals surface area (Å²) in [7, 11) is -3.49. The Morgan fingerprint density at radius 1 is 1.25 bits per heavy atom. The van der Waals surface area contributed by atoms with Gasteiger partial charge in [-0.3, -0.25) is 0 Å². The third kappa shape index (κ3) is 1.57. The first kappa shape index (κ1) is 12.8. The van der Waals surface area contributed by atoms with Gasteiger partial charge < -0.3 is 9.47 Å². The van der Waals surface area contributed by atoms with Gasteiger partial charge in [0.15, 0.2) is 26.8 Å². The molecule has 0 amide bonds. The Bertz CT molecular complexity index is 759. The monoisotopic (exact) mass is 290 g/mol. The van der Waals surface area contributed by atoms with Crippen LogP contribution in [0.5, 0.6) is 11.5 Å². The van der Waals surface area contributed by atoms with Gasteiger partial charge in [-0.15, -0.1) is 0 Å². The molecule has 1 aromatic carbocycles. The van der Waals surface area contributed by atoms with E-state index >= 15 is 0 Å². The van der Waals surface area contributed by atoms with Crippen LogP contribution in [0.25, 0.3) is 0 Å². The lowest BCUT2D eigenvalue weighted by Gasteiger charge is -2.01. The zero-order chi connectivity index (χ0) is 14.5. The molecule has 0 spiro atoms. The van der Waals surface area contributed by atoms with Gasteiger partial charge >= 0.3 is 0 Å². The molecule has 0 bridgehead atoms. The number of nitriles is 2. The highest BCUT2D eigenvalue weighted by Gasteiger charge is 2.72. The van der Waals surface area contributed by atoms with Gasteiger partial charge in [-0.2, -0.15) is 10.5 Å². The van der Waals surface area contributed by atoms with Crippen LogP contribution in [0, 0.1) is 28.1 Å². The summed E-state index contributed by atoms with van der Waals surface area (Å²) >= 11 is 0. The smallest absolute Gasteiger partial charge is 0.231 e. The molecule has 0 saturated heterocycles. The van der Waals surface area contributed by atoms with Crippen molar-refractivity contribution in [1.29, 1.82) is 10.5 Å². The first-order valence-corrected chi connectivity index (χ1v) is 7.80. The molecule has 102 valence electrons. The number of rotatable bonds is 2. The summed E-state index contributed by atoms with van der Waals surface area (Å²) in [6.07, 6.45) is 1.05. The molecule has 7 heteroatoms. The Morgan fingerprint density at radius 2 is 1.90 bits per heavy atom. The molecule has 2 aliphatic rings. The van der Waals surface area contributed by atoms with Crippen LogP contribution >= 0.6 is 0 Å². The predicted molar refractivity (Wildman–Crippen MR) is 67.6 cm³/mol. The van der Waals surface area contributed by atoms with Crippen LogP contribution in [0.1, 0.15) is 11.5 Å². The first-order valence-electron chi connectivity index (χ1n) is 5.85. The van der Waals surface area contributed by atoms with E-state index in [1.165, 1.54) is 0 Å². The quantitative estimate of drug-likeness (QED) is 0.804. The Labute approximate surface area is 116 Å². The zero-order valence-corrected chi connectivity index (χ0v) is 11.3. The maximum Gasteiger partial charge on any atom is 0.231 e. The Balaban J connectivity index is 2.07. The van der Waals surface area contributed by atoms with E-state index in [4.69, 9.17) is 9.47 Å². The number of fused-ring (bicyclic) bond motifs is 1. The van der Waals surface area contributed by atoms with E-state index in [0.29, 0.717) is 17.1 Å². The van der Waals surface area contributed by atoms with E-state index in [0.717, 1.165) is 6.26 Å². The molecule has 1 heterocycles. The van der Waals surface area contributed by atoms with Gasteiger partial charge in [0, 0.05) is 12.2 Å². The third-order valence-electron chi connectivity index (χ3n) is 3.72. The lowest BCUT2D eigenvalue weighted by molar-refractivity contribution is 0.174. The average Bonchev–Trinajstić information content (AvgIpc) is 2.89. The number of ether oxygens (including phenoxy) is 2. The Morgan fingerprint density at radius 3 is 2.45 bits per heavy atom. The average molecular weight is 290 g/mol. The van der Waals surface area contributed by atoms with Crippen LogP contribution in [-0.2, 0) is 9.84 Å². The summed E-state index contributed by atoms with van der Waals surface area (Å²) in [5.41, 5.74) is -0.908. The second kappa shape index (κ2) is 3.87. The van der Waals surface area contributed by atoms with Crippen molar-refractivity contribution in [3.05, 3.63) is 23.8 Å². The summed E-state index contributed by atoms with van der Waals surface area (Å²) < 4.78 is 34.0. The lowest BCUT2D eigenvalue weighted by atomic mass is 10.0. The standard InChI is InChI=1S/C13H10N2O4S/c1-20(16,17)12-11(13(12,5-14)6-15)8-2-3-9-10(4-8)19-7-18-9/h2-4,11-12H,7H2,1H3/t11-,12-/m0/s1. The number of benzene rings is 1. The van der Waals surface area contributed by atoms with Crippen LogP contribution in [0.3, 0.4) is 0 Å². The zero-order valence-electron chi connectivity index (χ0n) is 10.5. The molecule has 1 aliphatic heterocycles. The van der Waals surface area contributed by atoms with E-state index in [1.807, 2.05) is 12.1 Å². The topological polar surface area (TPSA) is 100 Å². The van der Waals surface area contributed by atoms with Crippen molar-refractivity contribution < 1.29 is 17.9 Å². The van der Waals surface area contributed by atoms with Crippen molar-refractivity contribution in [2.45, 2.75) is 11.2 Å². The van der Waals surface area contributed by atoms with Crippen LogP contribution in [-0.4, -0.2) is 26.7 Å². The van der Waals surface area contributed by atoms with Gasteiger partial charge in [0.25, 0.3) is 0 Å². The van der Waals surface area contributed by atoms with Crippen molar-refractivity contribution >= 4 is 9.84 Å². The first-order chi connectivity index (χ1) is 9.44. The molecule has 1 saturated carbocycles.